The molecule has 0 aliphatic heterocycles. The number of carbonyl (C=O) groups excluding carboxylic acids is 2. The van der Waals surface area contributed by atoms with Crippen LogP contribution in [0.5, 0.6) is 0 Å². The molecule has 1 N–H and O–H groups in total. The number of amides is 2. The minimum absolute atomic E-state index is 0.0247. The SMILES string of the molecule is CCCCNC(=O)C(CC)N(Cc1ccc(Cl)cc1)C(=O)CSCc1ccccc1. The number of hydrogen-bond acceptors (Lipinski definition) is 3. The Morgan fingerprint density at radius 2 is 1.73 bits per heavy atom. The van der Waals surface area contributed by atoms with Crippen LogP contribution in [0.1, 0.15) is 44.2 Å². The second-order valence-electron chi connectivity index (χ2n) is 7.20. The van der Waals surface area contributed by atoms with Gasteiger partial charge < -0.3 is 10.2 Å². The fourth-order valence-corrected chi connectivity index (χ4v) is 4.12. The lowest BCUT2D eigenvalue weighted by Gasteiger charge is -2.30. The number of halogens is 1. The highest BCUT2D eigenvalue weighted by atomic mass is 35.5. The van der Waals surface area contributed by atoms with Crippen molar-refractivity contribution < 1.29 is 9.59 Å². The molecule has 1 unspecified atom stereocenters. The fourth-order valence-electron chi connectivity index (χ4n) is 3.13. The Kier molecular flexibility index (Phi) is 10.8. The normalized spacial score (nSPS) is 11.7. The Balaban J connectivity index is 2.08. The van der Waals surface area contributed by atoms with Crippen molar-refractivity contribution in [1.29, 1.82) is 0 Å². The molecule has 2 aromatic carbocycles. The van der Waals surface area contributed by atoms with E-state index in [4.69, 9.17) is 11.6 Å². The third-order valence-electron chi connectivity index (χ3n) is 4.82. The van der Waals surface area contributed by atoms with E-state index < -0.39 is 6.04 Å². The molecule has 0 aromatic heterocycles. The van der Waals surface area contributed by atoms with Gasteiger partial charge in [0.15, 0.2) is 0 Å². The van der Waals surface area contributed by atoms with E-state index >= 15 is 0 Å². The molecule has 30 heavy (non-hydrogen) atoms. The highest BCUT2D eigenvalue weighted by Gasteiger charge is 2.28. The average molecular weight is 447 g/mol. The second-order valence-corrected chi connectivity index (χ2v) is 8.62. The summed E-state index contributed by atoms with van der Waals surface area (Å²) in [4.78, 5) is 27.7. The van der Waals surface area contributed by atoms with Gasteiger partial charge in [-0.3, -0.25) is 9.59 Å². The van der Waals surface area contributed by atoms with E-state index in [1.807, 2.05) is 49.4 Å². The van der Waals surface area contributed by atoms with Gasteiger partial charge in [-0.2, -0.15) is 0 Å². The van der Waals surface area contributed by atoms with Crippen LogP contribution < -0.4 is 5.32 Å². The number of nitrogens with zero attached hydrogens (tertiary/aromatic N) is 1. The van der Waals surface area contributed by atoms with E-state index in [9.17, 15) is 9.59 Å². The van der Waals surface area contributed by atoms with E-state index in [1.54, 1.807) is 16.7 Å². The maximum atomic E-state index is 13.1. The summed E-state index contributed by atoms with van der Waals surface area (Å²) in [6.45, 7) is 5.06. The van der Waals surface area contributed by atoms with Gasteiger partial charge in [0, 0.05) is 23.9 Å². The second kappa shape index (κ2) is 13.3. The monoisotopic (exact) mass is 446 g/mol. The summed E-state index contributed by atoms with van der Waals surface area (Å²) in [5.41, 5.74) is 2.14. The van der Waals surface area contributed by atoms with Crippen molar-refractivity contribution in [3.8, 4) is 0 Å². The Labute approximate surface area is 189 Å². The van der Waals surface area contributed by atoms with Crippen LogP contribution >= 0.6 is 23.4 Å². The van der Waals surface area contributed by atoms with Crippen molar-refractivity contribution in [1.82, 2.24) is 10.2 Å². The first kappa shape index (κ1) is 24.3. The topological polar surface area (TPSA) is 49.4 Å². The molecule has 0 aliphatic carbocycles. The third-order valence-corrected chi connectivity index (χ3v) is 6.06. The highest BCUT2D eigenvalue weighted by Crippen LogP contribution is 2.18. The molecule has 0 aliphatic rings. The molecule has 6 heteroatoms. The molecule has 0 fully saturated rings. The van der Waals surface area contributed by atoms with Gasteiger partial charge in [0.1, 0.15) is 6.04 Å². The predicted octanol–water partition coefficient (Wildman–Crippen LogP) is 5.30. The van der Waals surface area contributed by atoms with Crippen LogP contribution in [-0.4, -0.2) is 35.1 Å². The first-order valence-electron chi connectivity index (χ1n) is 10.5. The standard InChI is InChI=1S/C24H31ClN2O2S/c1-3-5-15-26-24(29)22(4-2)27(16-19-11-13-21(25)14-12-19)23(28)18-30-17-20-9-7-6-8-10-20/h6-14,22H,3-5,15-18H2,1-2H3,(H,26,29). The highest BCUT2D eigenvalue weighted by molar-refractivity contribution is 7.99. The van der Waals surface area contributed by atoms with E-state index in [1.165, 1.54) is 5.56 Å². The molecule has 162 valence electrons. The summed E-state index contributed by atoms with van der Waals surface area (Å²) in [6, 6.07) is 17.0. The maximum absolute atomic E-state index is 13.1. The average Bonchev–Trinajstić information content (AvgIpc) is 2.76. The molecule has 2 amide bonds. The predicted molar refractivity (Wildman–Crippen MR) is 127 cm³/mol. The maximum Gasteiger partial charge on any atom is 0.242 e. The quantitative estimate of drug-likeness (QED) is 0.450. The van der Waals surface area contributed by atoms with Crippen molar-refractivity contribution >= 4 is 35.2 Å². The molecule has 1 atom stereocenters. The van der Waals surface area contributed by atoms with E-state index in [-0.39, 0.29) is 11.8 Å². The molecule has 4 nitrogen and oxygen atoms in total. The van der Waals surface area contributed by atoms with Gasteiger partial charge in [-0.05, 0) is 36.1 Å². The van der Waals surface area contributed by atoms with Crippen molar-refractivity contribution in [3.63, 3.8) is 0 Å². The minimum Gasteiger partial charge on any atom is -0.354 e. The van der Waals surface area contributed by atoms with Gasteiger partial charge in [0.25, 0.3) is 0 Å². The van der Waals surface area contributed by atoms with Crippen molar-refractivity contribution in [2.75, 3.05) is 12.3 Å². The first-order chi connectivity index (χ1) is 14.5. The van der Waals surface area contributed by atoms with Crippen LogP contribution in [-0.2, 0) is 21.9 Å². The molecule has 0 bridgehead atoms. The minimum atomic E-state index is -0.484. The number of thioether (sulfide) groups is 1. The van der Waals surface area contributed by atoms with E-state index in [2.05, 4.69) is 24.4 Å². The molecular weight excluding hydrogens is 416 g/mol. The summed E-state index contributed by atoms with van der Waals surface area (Å²) in [7, 11) is 0. The fraction of sp³-hybridized carbons (Fsp3) is 0.417. The molecule has 2 rings (SSSR count). The van der Waals surface area contributed by atoms with Crippen LogP contribution in [0.3, 0.4) is 0 Å². The molecular formula is C24H31ClN2O2S. The Hall–Kier alpha value is -1.98. The molecule has 0 heterocycles. The Morgan fingerprint density at radius 1 is 1.03 bits per heavy atom. The van der Waals surface area contributed by atoms with E-state index in [0.717, 1.165) is 24.2 Å². The van der Waals surface area contributed by atoms with Gasteiger partial charge in [-0.15, -0.1) is 11.8 Å². The van der Waals surface area contributed by atoms with Gasteiger partial charge in [-0.25, -0.2) is 0 Å². The summed E-state index contributed by atoms with van der Waals surface area (Å²) < 4.78 is 0. The summed E-state index contributed by atoms with van der Waals surface area (Å²) in [5, 5.41) is 3.64. The number of hydrogen-bond donors (Lipinski definition) is 1. The lowest BCUT2D eigenvalue weighted by Crippen LogP contribution is -2.49. The van der Waals surface area contributed by atoms with Gasteiger partial charge in [0.2, 0.25) is 11.8 Å². The Bertz CT molecular complexity index is 784. The lowest BCUT2D eigenvalue weighted by atomic mass is 10.1. The first-order valence-corrected chi connectivity index (χ1v) is 12.0. The zero-order chi connectivity index (χ0) is 21.8. The van der Waals surface area contributed by atoms with Crippen molar-refractivity contribution in [3.05, 3.63) is 70.7 Å². The van der Waals surface area contributed by atoms with Gasteiger partial charge in [0.05, 0.1) is 5.75 Å². The molecule has 0 spiro atoms. The smallest absolute Gasteiger partial charge is 0.242 e. The number of carbonyl (C=O) groups is 2. The number of unbranched alkanes of at least 4 members (excludes halogenated alkanes) is 1. The molecule has 0 saturated carbocycles. The largest absolute Gasteiger partial charge is 0.354 e. The van der Waals surface area contributed by atoms with Crippen molar-refractivity contribution in [2.24, 2.45) is 0 Å². The molecule has 0 radical (unpaired) electrons. The lowest BCUT2D eigenvalue weighted by molar-refractivity contribution is -0.139. The van der Waals surface area contributed by atoms with Crippen LogP contribution in [0, 0.1) is 0 Å². The zero-order valence-electron chi connectivity index (χ0n) is 17.8. The van der Waals surface area contributed by atoms with Gasteiger partial charge >= 0.3 is 0 Å². The summed E-state index contributed by atoms with van der Waals surface area (Å²) in [6.07, 6.45) is 2.52. The number of benzene rings is 2. The van der Waals surface area contributed by atoms with E-state index in [0.29, 0.717) is 30.3 Å². The van der Waals surface area contributed by atoms with Crippen LogP contribution in [0.4, 0.5) is 0 Å². The van der Waals surface area contributed by atoms with Gasteiger partial charge in [-0.1, -0.05) is 74.3 Å². The van der Waals surface area contributed by atoms with Crippen molar-refractivity contribution in [2.45, 2.75) is 51.4 Å². The summed E-state index contributed by atoms with van der Waals surface area (Å²) >= 11 is 7.57. The van der Waals surface area contributed by atoms with Crippen LogP contribution in [0.2, 0.25) is 5.02 Å². The zero-order valence-corrected chi connectivity index (χ0v) is 19.3. The molecule has 2 aromatic rings. The number of nitrogens with one attached hydrogen (secondary N) is 1. The summed E-state index contributed by atoms with van der Waals surface area (Å²) in [5.74, 6) is 0.993. The van der Waals surface area contributed by atoms with Crippen LogP contribution in [0.25, 0.3) is 0 Å². The molecule has 0 saturated heterocycles. The van der Waals surface area contributed by atoms with Crippen LogP contribution in [0.15, 0.2) is 54.6 Å². The third kappa shape index (κ3) is 8.04. The Morgan fingerprint density at radius 3 is 2.37 bits per heavy atom. The number of rotatable bonds is 12.